The number of benzene rings is 2. The zero-order valence-corrected chi connectivity index (χ0v) is 12.2. The summed E-state index contributed by atoms with van der Waals surface area (Å²) in [5.41, 5.74) is 6.00. The van der Waals surface area contributed by atoms with E-state index in [0.29, 0.717) is 6.42 Å². The minimum Gasteiger partial charge on any atom is -0.271 e. The number of aryl methyl sites for hydroxylation is 1. The van der Waals surface area contributed by atoms with Crippen LogP contribution in [0.4, 0.5) is 4.39 Å². The van der Waals surface area contributed by atoms with Gasteiger partial charge in [-0.3, -0.25) is 11.3 Å². The maximum absolute atomic E-state index is 13.2. The number of hydrogen-bond donors (Lipinski definition) is 2. The summed E-state index contributed by atoms with van der Waals surface area (Å²) in [7, 11) is 0. The maximum Gasteiger partial charge on any atom is 0.123 e. The largest absolute Gasteiger partial charge is 0.271 e. The van der Waals surface area contributed by atoms with Gasteiger partial charge < -0.3 is 0 Å². The van der Waals surface area contributed by atoms with E-state index in [9.17, 15) is 4.39 Å². The van der Waals surface area contributed by atoms with Crippen LogP contribution >= 0.6 is 15.9 Å². The average molecular weight is 323 g/mol. The van der Waals surface area contributed by atoms with Gasteiger partial charge in [-0.2, -0.15) is 0 Å². The molecule has 2 aromatic carbocycles. The Kier molecular flexibility index (Phi) is 4.69. The molecule has 2 rings (SSSR count). The van der Waals surface area contributed by atoms with E-state index in [-0.39, 0.29) is 11.9 Å². The van der Waals surface area contributed by atoms with Crippen LogP contribution in [0.1, 0.15) is 22.7 Å². The van der Waals surface area contributed by atoms with Crippen molar-refractivity contribution in [2.45, 2.75) is 19.4 Å². The molecule has 100 valence electrons. The number of hydrogen-bond acceptors (Lipinski definition) is 2. The Bertz CT molecular complexity index is 572. The lowest BCUT2D eigenvalue weighted by molar-refractivity contribution is 0.546. The lowest BCUT2D eigenvalue weighted by atomic mass is 9.96. The molecule has 4 heteroatoms. The van der Waals surface area contributed by atoms with E-state index in [1.807, 2.05) is 31.2 Å². The smallest absolute Gasteiger partial charge is 0.123 e. The van der Waals surface area contributed by atoms with Gasteiger partial charge in [-0.25, -0.2) is 4.39 Å². The predicted octanol–water partition coefficient (Wildman–Crippen LogP) is 3.64. The molecule has 0 heterocycles. The highest BCUT2D eigenvalue weighted by atomic mass is 79.9. The van der Waals surface area contributed by atoms with Crippen LogP contribution in [-0.4, -0.2) is 0 Å². The van der Waals surface area contributed by atoms with Crippen LogP contribution in [0.15, 0.2) is 46.9 Å². The first-order valence-electron chi connectivity index (χ1n) is 6.07. The van der Waals surface area contributed by atoms with Crippen molar-refractivity contribution in [3.63, 3.8) is 0 Å². The first kappa shape index (κ1) is 14.2. The zero-order chi connectivity index (χ0) is 13.8. The first-order valence-corrected chi connectivity index (χ1v) is 6.86. The summed E-state index contributed by atoms with van der Waals surface area (Å²) in [6.45, 7) is 2.04. The fourth-order valence-electron chi connectivity index (χ4n) is 2.19. The van der Waals surface area contributed by atoms with Crippen molar-refractivity contribution in [1.29, 1.82) is 0 Å². The molecular weight excluding hydrogens is 307 g/mol. The predicted molar refractivity (Wildman–Crippen MR) is 79.0 cm³/mol. The van der Waals surface area contributed by atoms with Crippen molar-refractivity contribution in [3.8, 4) is 0 Å². The lowest BCUT2D eigenvalue weighted by Crippen LogP contribution is -2.30. The summed E-state index contributed by atoms with van der Waals surface area (Å²) < 4.78 is 14.2. The molecule has 19 heavy (non-hydrogen) atoms. The number of rotatable bonds is 4. The molecule has 1 atom stereocenters. The minimum absolute atomic E-state index is 0.0325. The van der Waals surface area contributed by atoms with Crippen LogP contribution in [0.25, 0.3) is 0 Å². The molecule has 0 spiro atoms. The molecule has 1 unspecified atom stereocenters. The summed E-state index contributed by atoms with van der Waals surface area (Å²) in [6.07, 6.45) is 0.650. The fourth-order valence-corrected chi connectivity index (χ4v) is 2.66. The molecule has 3 N–H and O–H groups in total. The van der Waals surface area contributed by atoms with Gasteiger partial charge in [0.1, 0.15) is 5.82 Å². The van der Waals surface area contributed by atoms with Gasteiger partial charge in [0, 0.05) is 4.47 Å². The molecule has 2 nitrogen and oxygen atoms in total. The second kappa shape index (κ2) is 6.28. The molecule has 0 amide bonds. The van der Waals surface area contributed by atoms with Gasteiger partial charge in [-0.1, -0.05) is 34.1 Å². The van der Waals surface area contributed by atoms with E-state index in [4.69, 9.17) is 5.84 Å². The molecule has 0 aromatic heterocycles. The SMILES string of the molecule is Cc1cc(Br)ccc1C(Cc1cccc(F)c1)NN. The highest BCUT2D eigenvalue weighted by Crippen LogP contribution is 2.24. The van der Waals surface area contributed by atoms with Crippen LogP contribution < -0.4 is 11.3 Å². The summed E-state index contributed by atoms with van der Waals surface area (Å²) in [6, 6.07) is 12.6. The van der Waals surface area contributed by atoms with Crippen molar-refractivity contribution in [2.24, 2.45) is 5.84 Å². The molecule has 0 bridgehead atoms. The highest BCUT2D eigenvalue weighted by Gasteiger charge is 2.13. The van der Waals surface area contributed by atoms with Crippen molar-refractivity contribution in [1.82, 2.24) is 5.43 Å². The number of nitrogens with two attached hydrogens (primary N) is 1. The fraction of sp³-hybridized carbons (Fsp3) is 0.200. The summed E-state index contributed by atoms with van der Waals surface area (Å²) in [5, 5.41) is 0. The normalized spacial score (nSPS) is 12.4. The Labute approximate surface area is 120 Å². The topological polar surface area (TPSA) is 38.0 Å². The Balaban J connectivity index is 2.25. The third-order valence-electron chi connectivity index (χ3n) is 3.14. The second-order valence-electron chi connectivity index (χ2n) is 4.55. The molecule has 0 aliphatic carbocycles. The van der Waals surface area contributed by atoms with E-state index < -0.39 is 0 Å². The molecule has 2 aromatic rings. The molecule has 0 fully saturated rings. The standard InChI is InChI=1S/C15H16BrFN2/c1-10-7-12(16)5-6-14(10)15(19-18)9-11-3-2-4-13(17)8-11/h2-8,15,19H,9,18H2,1H3. The quantitative estimate of drug-likeness (QED) is 0.666. The Hall–Kier alpha value is -1.23. The van der Waals surface area contributed by atoms with Gasteiger partial charge in [-0.15, -0.1) is 0 Å². The lowest BCUT2D eigenvalue weighted by Gasteiger charge is -2.19. The summed E-state index contributed by atoms with van der Waals surface area (Å²) in [4.78, 5) is 0. The molecule has 0 radical (unpaired) electrons. The Morgan fingerprint density at radius 2 is 2.05 bits per heavy atom. The minimum atomic E-state index is -0.221. The summed E-state index contributed by atoms with van der Waals surface area (Å²) in [5.74, 6) is 5.42. The molecule has 0 aliphatic rings. The maximum atomic E-state index is 13.2. The first-order chi connectivity index (χ1) is 9.10. The van der Waals surface area contributed by atoms with E-state index in [1.165, 1.54) is 6.07 Å². The van der Waals surface area contributed by atoms with Crippen LogP contribution in [0.2, 0.25) is 0 Å². The van der Waals surface area contributed by atoms with Crippen molar-refractivity contribution >= 4 is 15.9 Å². The molecule has 0 aliphatic heterocycles. The average Bonchev–Trinajstić information content (AvgIpc) is 2.37. The van der Waals surface area contributed by atoms with Crippen molar-refractivity contribution in [2.75, 3.05) is 0 Å². The zero-order valence-electron chi connectivity index (χ0n) is 10.7. The second-order valence-corrected chi connectivity index (χ2v) is 5.47. The van der Waals surface area contributed by atoms with Crippen LogP contribution in [0, 0.1) is 12.7 Å². The van der Waals surface area contributed by atoms with Gasteiger partial charge >= 0.3 is 0 Å². The third kappa shape index (κ3) is 3.62. The van der Waals surface area contributed by atoms with Gasteiger partial charge in [0.25, 0.3) is 0 Å². The summed E-state index contributed by atoms with van der Waals surface area (Å²) >= 11 is 3.44. The molecule has 0 saturated heterocycles. The molecule has 0 saturated carbocycles. The van der Waals surface area contributed by atoms with Crippen LogP contribution in [-0.2, 0) is 6.42 Å². The van der Waals surface area contributed by atoms with E-state index in [2.05, 4.69) is 21.4 Å². The van der Waals surface area contributed by atoms with E-state index >= 15 is 0 Å². The van der Waals surface area contributed by atoms with Crippen molar-refractivity contribution < 1.29 is 4.39 Å². The Morgan fingerprint density at radius 3 is 2.68 bits per heavy atom. The number of hydrazine groups is 1. The van der Waals surface area contributed by atoms with E-state index in [1.54, 1.807) is 12.1 Å². The van der Waals surface area contributed by atoms with Gasteiger partial charge in [0.2, 0.25) is 0 Å². The van der Waals surface area contributed by atoms with Crippen LogP contribution in [0.5, 0.6) is 0 Å². The molecular formula is C15H16BrFN2. The number of halogens is 2. The van der Waals surface area contributed by atoms with Crippen molar-refractivity contribution in [3.05, 3.63) is 69.4 Å². The third-order valence-corrected chi connectivity index (χ3v) is 3.63. The van der Waals surface area contributed by atoms with Crippen LogP contribution in [0.3, 0.4) is 0 Å². The van der Waals surface area contributed by atoms with E-state index in [0.717, 1.165) is 21.2 Å². The van der Waals surface area contributed by atoms with Gasteiger partial charge in [-0.05, 0) is 54.3 Å². The van der Waals surface area contributed by atoms with Gasteiger partial charge in [0.15, 0.2) is 0 Å². The highest BCUT2D eigenvalue weighted by molar-refractivity contribution is 9.10. The Morgan fingerprint density at radius 1 is 1.26 bits per heavy atom. The number of nitrogens with one attached hydrogen (secondary N) is 1. The monoisotopic (exact) mass is 322 g/mol. The van der Waals surface area contributed by atoms with Gasteiger partial charge in [0.05, 0.1) is 6.04 Å².